The molecule has 0 aromatic rings. The van der Waals surface area contributed by atoms with Crippen molar-refractivity contribution >= 4 is 35.8 Å². The summed E-state index contributed by atoms with van der Waals surface area (Å²) in [5, 5.41) is 2.22. The van der Waals surface area contributed by atoms with Gasteiger partial charge in [-0.25, -0.2) is 0 Å². The SMILES string of the molecule is CNC(=O)[C@H](OC(C)=O)[C@@H](OC(C)=O)[C@H](OC(C)=O)[C@@H](COC(C)=O)OC(C)=O. The number of hydrogen-bond acceptors (Lipinski definition) is 11. The van der Waals surface area contributed by atoms with Gasteiger partial charge in [-0.2, -0.15) is 0 Å². The van der Waals surface area contributed by atoms with E-state index < -0.39 is 66.8 Å². The van der Waals surface area contributed by atoms with Crippen LogP contribution in [0.15, 0.2) is 0 Å². The molecular formula is C17H25NO11. The Kier molecular flexibility index (Phi) is 11.0. The Balaban J connectivity index is 6.29. The summed E-state index contributed by atoms with van der Waals surface area (Å²) >= 11 is 0. The molecule has 0 aromatic carbocycles. The molecule has 0 bridgehead atoms. The molecule has 0 saturated heterocycles. The number of hydrogen-bond donors (Lipinski definition) is 1. The predicted molar refractivity (Wildman–Crippen MR) is 92.9 cm³/mol. The van der Waals surface area contributed by atoms with E-state index in [1.807, 2.05) is 0 Å². The highest BCUT2D eigenvalue weighted by molar-refractivity contribution is 5.84. The lowest BCUT2D eigenvalue weighted by molar-refractivity contribution is -0.203. The topological polar surface area (TPSA) is 161 Å². The summed E-state index contributed by atoms with van der Waals surface area (Å²) in [6, 6.07) is 0. The highest BCUT2D eigenvalue weighted by Gasteiger charge is 2.46. The summed E-state index contributed by atoms with van der Waals surface area (Å²) in [7, 11) is 1.23. The van der Waals surface area contributed by atoms with Crippen LogP contribution < -0.4 is 5.32 Å². The Bertz CT molecular complexity index is 645. The van der Waals surface area contributed by atoms with E-state index in [2.05, 4.69) is 5.32 Å². The Morgan fingerprint density at radius 1 is 0.655 bits per heavy atom. The van der Waals surface area contributed by atoms with E-state index in [0.717, 1.165) is 34.6 Å². The molecule has 0 heterocycles. The van der Waals surface area contributed by atoms with Crippen molar-refractivity contribution in [1.29, 1.82) is 0 Å². The average molecular weight is 419 g/mol. The monoisotopic (exact) mass is 419 g/mol. The molecule has 0 radical (unpaired) electrons. The van der Waals surface area contributed by atoms with Gasteiger partial charge in [-0.3, -0.25) is 28.8 Å². The second-order valence-corrected chi connectivity index (χ2v) is 5.74. The standard InChI is InChI=1S/C17H25NO11/c1-8(19)25-7-13(26-9(2)20)14(27-10(3)21)15(28-11(4)22)16(17(24)18-6)29-12(5)23/h13-16H,7H2,1-6H3,(H,18,24)/t13-,14-,15+,16-/m1/s1. The molecule has 164 valence electrons. The molecule has 4 atom stereocenters. The maximum Gasteiger partial charge on any atom is 0.303 e. The highest BCUT2D eigenvalue weighted by atomic mass is 16.6. The quantitative estimate of drug-likeness (QED) is 0.342. The molecule has 12 nitrogen and oxygen atoms in total. The van der Waals surface area contributed by atoms with Gasteiger partial charge >= 0.3 is 29.8 Å². The molecular weight excluding hydrogens is 394 g/mol. The van der Waals surface area contributed by atoms with Crippen molar-refractivity contribution in [1.82, 2.24) is 5.32 Å². The number of nitrogens with one attached hydrogen (secondary N) is 1. The van der Waals surface area contributed by atoms with Crippen molar-refractivity contribution in [3.05, 3.63) is 0 Å². The first-order valence-corrected chi connectivity index (χ1v) is 8.42. The Labute approximate surface area is 167 Å². The van der Waals surface area contributed by atoms with Gasteiger partial charge in [0.15, 0.2) is 18.3 Å². The fourth-order valence-electron chi connectivity index (χ4n) is 2.24. The molecule has 0 aliphatic carbocycles. The molecule has 0 rings (SSSR count). The van der Waals surface area contributed by atoms with Gasteiger partial charge in [0.2, 0.25) is 6.10 Å². The van der Waals surface area contributed by atoms with Gasteiger partial charge in [-0.05, 0) is 0 Å². The van der Waals surface area contributed by atoms with Crippen molar-refractivity contribution in [3.63, 3.8) is 0 Å². The number of rotatable bonds is 10. The molecule has 0 aliphatic heterocycles. The number of carbonyl (C=O) groups is 6. The lowest BCUT2D eigenvalue weighted by atomic mass is 10.0. The largest absolute Gasteiger partial charge is 0.462 e. The zero-order valence-electron chi connectivity index (χ0n) is 17.0. The zero-order valence-corrected chi connectivity index (χ0v) is 17.0. The van der Waals surface area contributed by atoms with Crippen LogP contribution in [0.3, 0.4) is 0 Å². The number of amides is 1. The molecule has 0 saturated carbocycles. The molecule has 1 N–H and O–H groups in total. The van der Waals surface area contributed by atoms with Gasteiger partial charge < -0.3 is 29.0 Å². The van der Waals surface area contributed by atoms with Gasteiger partial charge in [-0.1, -0.05) is 0 Å². The van der Waals surface area contributed by atoms with E-state index in [-0.39, 0.29) is 0 Å². The molecule has 12 heteroatoms. The number of ether oxygens (including phenoxy) is 5. The smallest absolute Gasteiger partial charge is 0.303 e. The second-order valence-electron chi connectivity index (χ2n) is 5.74. The Morgan fingerprint density at radius 2 is 1.10 bits per heavy atom. The van der Waals surface area contributed by atoms with E-state index in [1.165, 1.54) is 7.05 Å². The van der Waals surface area contributed by atoms with Crippen LogP contribution in [-0.2, 0) is 52.5 Å². The number of likely N-dealkylation sites (N-methyl/N-ethyl adjacent to an activating group) is 1. The first-order valence-electron chi connectivity index (χ1n) is 8.42. The van der Waals surface area contributed by atoms with Crippen molar-refractivity contribution in [2.45, 2.75) is 59.0 Å². The van der Waals surface area contributed by atoms with Crippen molar-refractivity contribution in [2.24, 2.45) is 0 Å². The van der Waals surface area contributed by atoms with E-state index >= 15 is 0 Å². The van der Waals surface area contributed by atoms with Gasteiger partial charge in [0.25, 0.3) is 5.91 Å². The van der Waals surface area contributed by atoms with Crippen LogP contribution in [0.2, 0.25) is 0 Å². The molecule has 0 aromatic heterocycles. The lowest BCUT2D eigenvalue weighted by Crippen LogP contribution is -2.56. The van der Waals surface area contributed by atoms with Crippen molar-refractivity contribution < 1.29 is 52.5 Å². The first-order chi connectivity index (χ1) is 13.4. The highest BCUT2D eigenvalue weighted by Crippen LogP contribution is 2.20. The van der Waals surface area contributed by atoms with Gasteiger partial charge in [0, 0.05) is 41.7 Å². The molecule has 1 amide bonds. The maximum atomic E-state index is 12.3. The summed E-state index contributed by atoms with van der Waals surface area (Å²) in [5.74, 6) is -5.19. The fourth-order valence-corrected chi connectivity index (χ4v) is 2.24. The minimum atomic E-state index is -1.76. The summed E-state index contributed by atoms with van der Waals surface area (Å²) in [5.41, 5.74) is 0. The van der Waals surface area contributed by atoms with Crippen molar-refractivity contribution in [2.75, 3.05) is 13.7 Å². The minimum Gasteiger partial charge on any atom is -0.462 e. The predicted octanol–water partition coefficient (Wildman–Crippen LogP) is -0.978. The Morgan fingerprint density at radius 3 is 1.48 bits per heavy atom. The molecule has 0 unspecified atom stereocenters. The zero-order chi connectivity index (χ0) is 22.7. The number of carbonyl (C=O) groups excluding carboxylic acids is 6. The van der Waals surface area contributed by atoms with Crippen LogP contribution in [0.25, 0.3) is 0 Å². The van der Waals surface area contributed by atoms with Crippen LogP contribution in [0.5, 0.6) is 0 Å². The third-order valence-corrected chi connectivity index (χ3v) is 3.16. The van der Waals surface area contributed by atoms with Crippen LogP contribution in [0, 0.1) is 0 Å². The van der Waals surface area contributed by atoms with Crippen LogP contribution >= 0.6 is 0 Å². The van der Waals surface area contributed by atoms with Crippen molar-refractivity contribution in [3.8, 4) is 0 Å². The molecule has 29 heavy (non-hydrogen) atoms. The molecule has 0 fully saturated rings. The first kappa shape index (κ1) is 25.8. The van der Waals surface area contributed by atoms with E-state index in [1.54, 1.807) is 0 Å². The van der Waals surface area contributed by atoms with E-state index in [0.29, 0.717) is 0 Å². The third-order valence-electron chi connectivity index (χ3n) is 3.16. The Hall–Kier alpha value is -3.18. The average Bonchev–Trinajstić information content (AvgIpc) is 2.58. The maximum absolute atomic E-state index is 12.3. The van der Waals surface area contributed by atoms with Gasteiger partial charge in [0.1, 0.15) is 6.61 Å². The fraction of sp³-hybridized carbons (Fsp3) is 0.647. The van der Waals surface area contributed by atoms with Crippen LogP contribution in [0.1, 0.15) is 34.6 Å². The summed E-state index contributed by atoms with van der Waals surface area (Å²) in [6.45, 7) is 4.54. The summed E-state index contributed by atoms with van der Waals surface area (Å²) in [4.78, 5) is 69.7. The number of esters is 5. The second kappa shape index (κ2) is 12.3. The van der Waals surface area contributed by atoms with Crippen LogP contribution in [0.4, 0.5) is 0 Å². The van der Waals surface area contributed by atoms with E-state index in [4.69, 9.17) is 23.7 Å². The third kappa shape index (κ3) is 10.1. The lowest BCUT2D eigenvalue weighted by Gasteiger charge is -2.34. The normalized spacial score (nSPS) is 14.3. The molecule has 0 aliphatic rings. The minimum absolute atomic E-state index is 0.592. The summed E-state index contributed by atoms with van der Waals surface area (Å²) in [6.07, 6.45) is -6.62. The van der Waals surface area contributed by atoms with Gasteiger partial charge in [-0.15, -0.1) is 0 Å². The van der Waals surface area contributed by atoms with Crippen LogP contribution in [-0.4, -0.2) is 73.8 Å². The summed E-state index contributed by atoms with van der Waals surface area (Å²) < 4.78 is 25.0. The van der Waals surface area contributed by atoms with E-state index in [9.17, 15) is 28.8 Å². The molecule has 0 spiro atoms. The van der Waals surface area contributed by atoms with Gasteiger partial charge in [0.05, 0.1) is 0 Å².